The Hall–Kier alpha value is -3.63. The molecule has 11 heteroatoms. The van der Waals surface area contributed by atoms with E-state index in [1.165, 1.54) is 15.5 Å². The van der Waals surface area contributed by atoms with Gasteiger partial charge in [-0.25, -0.2) is 4.79 Å². The van der Waals surface area contributed by atoms with Crippen LogP contribution < -0.4 is 27.2 Å². The van der Waals surface area contributed by atoms with Gasteiger partial charge in [0, 0.05) is 32.1 Å². The molecule has 1 aromatic carbocycles. The molecule has 0 aliphatic rings. The molecule has 174 valence electrons. The van der Waals surface area contributed by atoms with Gasteiger partial charge in [-0.2, -0.15) is 0 Å². The first-order chi connectivity index (χ1) is 15.3. The summed E-state index contributed by atoms with van der Waals surface area (Å²) in [5, 5.41) is 14.1. The van der Waals surface area contributed by atoms with Crippen molar-refractivity contribution < 1.29 is 9.72 Å². The van der Waals surface area contributed by atoms with Crippen molar-refractivity contribution in [2.45, 2.75) is 52.5 Å². The monoisotopic (exact) mass is 446 g/mol. The van der Waals surface area contributed by atoms with E-state index < -0.39 is 16.2 Å². The molecule has 0 unspecified atom stereocenters. The van der Waals surface area contributed by atoms with E-state index in [9.17, 15) is 24.5 Å². The van der Waals surface area contributed by atoms with Gasteiger partial charge in [0.1, 0.15) is 11.5 Å². The number of anilines is 3. The van der Waals surface area contributed by atoms with E-state index in [4.69, 9.17) is 5.73 Å². The number of carbonyl (C=O) groups is 1. The van der Waals surface area contributed by atoms with E-state index in [0.29, 0.717) is 25.1 Å². The van der Waals surface area contributed by atoms with Gasteiger partial charge in [0.05, 0.1) is 4.92 Å². The van der Waals surface area contributed by atoms with Crippen LogP contribution in [0.15, 0.2) is 33.9 Å². The van der Waals surface area contributed by atoms with E-state index in [2.05, 4.69) is 10.3 Å². The molecule has 0 fully saturated rings. The average molecular weight is 447 g/mol. The van der Waals surface area contributed by atoms with Crippen molar-refractivity contribution in [1.82, 2.24) is 9.55 Å². The van der Waals surface area contributed by atoms with Gasteiger partial charge in [0.15, 0.2) is 5.69 Å². The van der Waals surface area contributed by atoms with Crippen LogP contribution in [0.4, 0.5) is 22.9 Å². The summed E-state index contributed by atoms with van der Waals surface area (Å²) in [7, 11) is 0. The second-order valence-electron chi connectivity index (χ2n) is 7.35. The Morgan fingerprint density at radius 3 is 2.56 bits per heavy atom. The number of H-pyrrole nitrogens is 1. The molecule has 0 atom stereocenters. The number of amides is 1. The summed E-state index contributed by atoms with van der Waals surface area (Å²) in [4.78, 5) is 52.0. The summed E-state index contributed by atoms with van der Waals surface area (Å²) < 4.78 is 1.28. The fourth-order valence-electron chi connectivity index (χ4n) is 3.28. The molecular formula is C21H30N6O5. The Morgan fingerprint density at radius 2 is 1.91 bits per heavy atom. The number of nitro groups is 1. The topological polar surface area (TPSA) is 156 Å². The van der Waals surface area contributed by atoms with E-state index in [0.717, 1.165) is 12.8 Å². The van der Waals surface area contributed by atoms with E-state index >= 15 is 0 Å². The number of carbonyl (C=O) groups excluding carboxylic acids is 1. The zero-order valence-electron chi connectivity index (χ0n) is 18.4. The number of aromatic nitrogens is 2. The molecule has 0 aliphatic heterocycles. The molecule has 1 aromatic heterocycles. The third-order valence-corrected chi connectivity index (χ3v) is 5.01. The first-order valence-corrected chi connectivity index (χ1v) is 10.7. The lowest BCUT2D eigenvalue weighted by Crippen LogP contribution is -2.42. The second kappa shape index (κ2) is 11.7. The summed E-state index contributed by atoms with van der Waals surface area (Å²) in [6, 6.07) is 6.15. The van der Waals surface area contributed by atoms with Crippen molar-refractivity contribution in [3.05, 3.63) is 55.2 Å². The summed E-state index contributed by atoms with van der Waals surface area (Å²) in [5.41, 5.74) is 5.02. The Bertz CT molecular complexity index is 1060. The van der Waals surface area contributed by atoms with Crippen LogP contribution in [0.5, 0.6) is 0 Å². The number of hydrogen-bond acceptors (Lipinski definition) is 7. The van der Waals surface area contributed by atoms with Gasteiger partial charge in [0.25, 0.3) is 11.2 Å². The highest BCUT2D eigenvalue weighted by atomic mass is 16.6. The predicted molar refractivity (Wildman–Crippen MR) is 124 cm³/mol. The van der Waals surface area contributed by atoms with Crippen molar-refractivity contribution in [1.29, 1.82) is 0 Å². The quantitative estimate of drug-likeness (QED) is 0.334. The molecule has 0 spiro atoms. The third kappa shape index (κ3) is 5.96. The first-order valence-electron chi connectivity index (χ1n) is 10.7. The molecule has 0 radical (unpaired) electrons. The molecule has 0 aliphatic carbocycles. The molecule has 2 aromatic rings. The number of para-hydroxylation sites is 2. The highest BCUT2D eigenvalue weighted by molar-refractivity contribution is 5.95. The lowest BCUT2D eigenvalue weighted by atomic mass is 10.2. The van der Waals surface area contributed by atoms with Gasteiger partial charge in [0.2, 0.25) is 5.91 Å². The van der Waals surface area contributed by atoms with E-state index in [-0.39, 0.29) is 42.6 Å². The number of nitrogens with one attached hydrogen (secondary N) is 2. The molecule has 2 rings (SSSR count). The van der Waals surface area contributed by atoms with E-state index in [1.54, 1.807) is 18.2 Å². The number of benzene rings is 1. The van der Waals surface area contributed by atoms with E-state index in [1.807, 2.05) is 13.8 Å². The summed E-state index contributed by atoms with van der Waals surface area (Å²) in [6.07, 6.45) is 2.92. The molecular weight excluding hydrogens is 416 g/mol. The average Bonchev–Trinajstić information content (AvgIpc) is 2.75. The zero-order chi connectivity index (χ0) is 23.7. The van der Waals surface area contributed by atoms with Crippen LogP contribution in [0.25, 0.3) is 0 Å². The number of nitrogens with zero attached hydrogens (tertiary/aromatic N) is 3. The van der Waals surface area contributed by atoms with Crippen LogP contribution >= 0.6 is 0 Å². The number of aromatic amines is 1. The minimum atomic E-state index is -0.712. The van der Waals surface area contributed by atoms with Gasteiger partial charge < -0.3 is 16.0 Å². The Balaban J connectivity index is 2.27. The van der Waals surface area contributed by atoms with Crippen LogP contribution in [0.1, 0.15) is 46.0 Å². The number of nitro benzene ring substituents is 1. The fourth-order valence-corrected chi connectivity index (χ4v) is 3.28. The van der Waals surface area contributed by atoms with Crippen molar-refractivity contribution >= 4 is 28.8 Å². The molecule has 11 nitrogen and oxygen atoms in total. The van der Waals surface area contributed by atoms with Crippen LogP contribution in [-0.2, 0) is 11.3 Å². The van der Waals surface area contributed by atoms with Crippen LogP contribution in [-0.4, -0.2) is 33.5 Å². The number of nitrogen functional groups attached to an aromatic ring is 1. The minimum Gasteiger partial charge on any atom is -0.383 e. The third-order valence-electron chi connectivity index (χ3n) is 5.01. The maximum Gasteiger partial charge on any atom is 0.330 e. The largest absolute Gasteiger partial charge is 0.383 e. The molecule has 0 bridgehead atoms. The lowest BCUT2D eigenvalue weighted by molar-refractivity contribution is -0.384. The maximum absolute atomic E-state index is 13.0. The molecule has 4 N–H and O–H groups in total. The summed E-state index contributed by atoms with van der Waals surface area (Å²) in [6.45, 7) is 4.64. The lowest BCUT2D eigenvalue weighted by Gasteiger charge is -2.24. The SMILES string of the molecule is CCCCN(C(=O)CCNc1ccccc1[N+](=O)[O-])c1c(N)n(CCCC)c(=O)[nH]c1=O. The van der Waals surface area contributed by atoms with Crippen LogP contribution in [0.2, 0.25) is 0 Å². The summed E-state index contributed by atoms with van der Waals surface area (Å²) in [5.74, 6) is -0.411. The Morgan fingerprint density at radius 1 is 1.22 bits per heavy atom. The Kier molecular flexibility index (Phi) is 8.99. The standard InChI is InChI=1S/C21H30N6O5/c1-3-5-13-25(18-19(22)26(14-6-4-2)21(30)24-20(18)29)17(28)11-12-23-15-9-7-8-10-16(15)27(31)32/h7-10,23H,3-6,11-14,22H2,1-2H3,(H,24,29,30). The van der Waals surface area contributed by atoms with Crippen molar-refractivity contribution in [2.24, 2.45) is 0 Å². The fraction of sp³-hybridized carbons (Fsp3) is 0.476. The highest BCUT2D eigenvalue weighted by Crippen LogP contribution is 2.23. The molecule has 0 saturated heterocycles. The van der Waals surface area contributed by atoms with Gasteiger partial charge in [-0.3, -0.25) is 29.3 Å². The normalized spacial score (nSPS) is 10.7. The summed E-state index contributed by atoms with van der Waals surface area (Å²) >= 11 is 0. The van der Waals surface area contributed by atoms with Gasteiger partial charge in [-0.05, 0) is 18.9 Å². The van der Waals surface area contributed by atoms with Gasteiger partial charge >= 0.3 is 5.69 Å². The maximum atomic E-state index is 13.0. The number of nitrogens with two attached hydrogens (primary N) is 1. The molecule has 1 amide bonds. The Labute approximate surface area is 185 Å². The second-order valence-corrected chi connectivity index (χ2v) is 7.35. The zero-order valence-corrected chi connectivity index (χ0v) is 18.4. The highest BCUT2D eigenvalue weighted by Gasteiger charge is 2.24. The molecule has 32 heavy (non-hydrogen) atoms. The number of unbranched alkanes of at least 4 members (excludes halogenated alkanes) is 2. The molecule has 1 heterocycles. The predicted octanol–water partition coefficient (Wildman–Crippen LogP) is 2.46. The van der Waals surface area contributed by atoms with Crippen molar-refractivity contribution in [3.63, 3.8) is 0 Å². The van der Waals surface area contributed by atoms with Crippen molar-refractivity contribution in [2.75, 3.05) is 29.0 Å². The van der Waals surface area contributed by atoms with Crippen molar-refractivity contribution in [3.8, 4) is 0 Å². The minimum absolute atomic E-state index is 0.0251. The van der Waals surface area contributed by atoms with Crippen LogP contribution in [0, 0.1) is 10.1 Å². The molecule has 0 saturated carbocycles. The first kappa shape index (κ1) is 24.6. The number of rotatable bonds is 12. The van der Waals surface area contributed by atoms with Crippen LogP contribution in [0.3, 0.4) is 0 Å². The number of hydrogen-bond donors (Lipinski definition) is 3. The van der Waals surface area contributed by atoms with Gasteiger partial charge in [-0.15, -0.1) is 0 Å². The van der Waals surface area contributed by atoms with Gasteiger partial charge in [-0.1, -0.05) is 38.8 Å². The smallest absolute Gasteiger partial charge is 0.330 e.